The Kier molecular flexibility index (Phi) is 6.07. The summed E-state index contributed by atoms with van der Waals surface area (Å²) in [6.45, 7) is 4.30. The van der Waals surface area contributed by atoms with Crippen LogP contribution in [0.1, 0.15) is 37.3 Å². The average molecular weight is 479 g/mol. The van der Waals surface area contributed by atoms with Gasteiger partial charge in [0.2, 0.25) is 4.74 Å². The number of hydrogen-bond acceptors (Lipinski definition) is 3. The third-order valence-corrected chi connectivity index (χ3v) is 6.88. The molecule has 0 saturated heterocycles. The van der Waals surface area contributed by atoms with Gasteiger partial charge in [-0.3, -0.25) is 4.79 Å². The van der Waals surface area contributed by atoms with Crippen molar-refractivity contribution in [2.45, 2.75) is 26.2 Å². The molecule has 0 aliphatic carbocycles. The van der Waals surface area contributed by atoms with E-state index in [1.807, 2.05) is 36.4 Å². The van der Waals surface area contributed by atoms with Gasteiger partial charge in [0, 0.05) is 20.5 Å². The van der Waals surface area contributed by atoms with Crippen molar-refractivity contribution in [1.29, 1.82) is 0 Å². The van der Waals surface area contributed by atoms with Gasteiger partial charge < -0.3 is 5.11 Å². The van der Waals surface area contributed by atoms with Crippen LogP contribution in [0, 0.1) is 5.92 Å². The molecule has 4 rings (SSSR count). The maximum absolute atomic E-state index is 13.0. The Balaban J connectivity index is 1.80. The maximum atomic E-state index is 13.0. The molecule has 0 fully saturated rings. The number of benzene rings is 3. The third kappa shape index (κ3) is 4.21. The van der Waals surface area contributed by atoms with Crippen LogP contribution in [0.15, 0.2) is 82.1 Å². The number of hydrogen-bond donors (Lipinski definition) is 1. The smallest absolute Gasteiger partial charge is 0.240 e. The van der Waals surface area contributed by atoms with Crippen molar-refractivity contribution >= 4 is 37.4 Å². The van der Waals surface area contributed by atoms with Gasteiger partial charge >= 0.3 is 0 Å². The molecule has 1 heterocycles. The Labute approximate surface area is 189 Å². The molecule has 3 aromatic carbocycles. The van der Waals surface area contributed by atoms with Crippen molar-refractivity contribution in [3.63, 3.8) is 0 Å². The van der Waals surface area contributed by atoms with E-state index in [2.05, 4.69) is 66.2 Å². The molecular weight excluding hydrogens is 456 g/mol. The van der Waals surface area contributed by atoms with Gasteiger partial charge in [0.25, 0.3) is 0 Å². The predicted molar refractivity (Wildman–Crippen MR) is 131 cm³/mol. The minimum Gasteiger partial charge on any atom is -0.507 e. The molecule has 0 spiro atoms. The second-order valence-electron chi connectivity index (χ2n) is 7.96. The van der Waals surface area contributed by atoms with E-state index in [1.54, 1.807) is 0 Å². The highest BCUT2D eigenvalue weighted by Gasteiger charge is 2.24. The lowest BCUT2D eigenvalue weighted by molar-refractivity contribution is 0.460. The second kappa shape index (κ2) is 8.75. The molecule has 4 heteroatoms. The summed E-state index contributed by atoms with van der Waals surface area (Å²) in [5, 5.41) is 11.8. The van der Waals surface area contributed by atoms with Crippen molar-refractivity contribution in [3.05, 3.63) is 97.9 Å². The van der Waals surface area contributed by atoms with Crippen molar-refractivity contribution in [3.8, 4) is 16.9 Å². The highest BCUT2D eigenvalue weighted by Crippen LogP contribution is 2.39. The van der Waals surface area contributed by atoms with Gasteiger partial charge in [-0.2, -0.15) is 0 Å². The van der Waals surface area contributed by atoms with E-state index in [9.17, 15) is 9.90 Å². The van der Waals surface area contributed by atoms with Crippen molar-refractivity contribution in [1.82, 2.24) is 0 Å². The molecule has 152 valence electrons. The molecule has 1 aromatic heterocycles. The number of halogens is 1. The lowest BCUT2D eigenvalue weighted by Crippen LogP contribution is -2.14. The molecule has 1 unspecified atom stereocenters. The van der Waals surface area contributed by atoms with E-state index in [1.165, 1.54) is 11.3 Å². The molecule has 0 saturated carbocycles. The lowest BCUT2D eigenvalue weighted by atomic mass is 9.84. The fourth-order valence-corrected chi connectivity index (χ4v) is 5.13. The highest BCUT2D eigenvalue weighted by atomic mass is 79.9. The summed E-state index contributed by atoms with van der Waals surface area (Å²) in [6.07, 6.45) is 0.797. The SMILES string of the molecule is CC(C)CC(c1ccc(-c2ccc(Br)cc2)cc1)c1c(O)c2ccccc2sc1=O. The maximum Gasteiger partial charge on any atom is 0.240 e. The summed E-state index contributed by atoms with van der Waals surface area (Å²) in [5.74, 6) is 0.366. The van der Waals surface area contributed by atoms with E-state index in [0.717, 1.165) is 37.7 Å². The van der Waals surface area contributed by atoms with E-state index >= 15 is 0 Å². The van der Waals surface area contributed by atoms with Crippen molar-refractivity contribution in [2.24, 2.45) is 5.92 Å². The molecule has 30 heavy (non-hydrogen) atoms. The molecule has 4 aromatic rings. The summed E-state index contributed by atoms with van der Waals surface area (Å²) in [4.78, 5) is 13.0. The number of fused-ring (bicyclic) bond motifs is 1. The van der Waals surface area contributed by atoms with Gasteiger partial charge in [0.15, 0.2) is 0 Å². The molecule has 0 radical (unpaired) electrons. The second-order valence-corrected chi connectivity index (χ2v) is 9.89. The van der Waals surface area contributed by atoms with Crippen molar-refractivity contribution < 1.29 is 5.11 Å². The van der Waals surface area contributed by atoms with Crippen LogP contribution in [0.2, 0.25) is 0 Å². The minimum absolute atomic E-state index is 0.0613. The molecule has 0 aliphatic rings. The first-order valence-electron chi connectivity index (χ1n) is 10.0. The third-order valence-electron chi connectivity index (χ3n) is 5.37. The van der Waals surface area contributed by atoms with Crippen LogP contribution in [0.25, 0.3) is 21.2 Å². The van der Waals surface area contributed by atoms with Crippen LogP contribution >= 0.6 is 27.3 Å². The first-order chi connectivity index (χ1) is 14.4. The van der Waals surface area contributed by atoms with Crippen LogP contribution in [-0.4, -0.2) is 5.11 Å². The van der Waals surface area contributed by atoms with E-state index < -0.39 is 0 Å². The van der Waals surface area contributed by atoms with Gasteiger partial charge in [-0.15, -0.1) is 0 Å². The van der Waals surface area contributed by atoms with Crippen LogP contribution < -0.4 is 4.74 Å². The molecule has 0 aliphatic heterocycles. The predicted octanol–water partition coefficient (Wildman–Crippen LogP) is 7.57. The van der Waals surface area contributed by atoms with Gasteiger partial charge in [-0.05, 0) is 53.3 Å². The zero-order valence-corrected chi connectivity index (χ0v) is 19.3. The monoisotopic (exact) mass is 478 g/mol. The fourth-order valence-electron chi connectivity index (χ4n) is 3.90. The molecule has 1 N–H and O–H groups in total. The molecule has 0 bridgehead atoms. The Morgan fingerprint density at radius 3 is 2.13 bits per heavy atom. The molecule has 0 amide bonds. The Morgan fingerprint density at radius 2 is 1.50 bits per heavy atom. The van der Waals surface area contributed by atoms with Crippen molar-refractivity contribution in [2.75, 3.05) is 0 Å². The topological polar surface area (TPSA) is 37.3 Å². The molecular formula is C26H23BrO2S. The summed E-state index contributed by atoms with van der Waals surface area (Å²) < 4.78 is 1.81. The summed E-state index contributed by atoms with van der Waals surface area (Å²) in [5.41, 5.74) is 3.84. The standard InChI is InChI=1S/C26H23BrO2S/c1-16(2)15-22(24-25(28)21-5-3-4-6-23(21)30-26(24)29)19-9-7-17(8-10-19)18-11-13-20(27)14-12-18/h3-14,16,22,28H,15H2,1-2H3. The van der Waals surface area contributed by atoms with Gasteiger partial charge in [-0.1, -0.05) is 89.6 Å². The first kappa shape index (κ1) is 20.8. The Hall–Kier alpha value is -2.43. The highest BCUT2D eigenvalue weighted by molar-refractivity contribution is 9.10. The van der Waals surface area contributed by atoms with Crippen LogP contribution in [0.3, 0.4) is 0 Å². The minimum atomic E-state index is -0.141. The fraction of sp³-hybridized carbons (Fsp3) is 0.192. The van der Waals surface area contributed by atoms with E-state index in [-0.39, 0.29) is 16.4 Å². The number of rotatable bonds is 5. The lowest BCUT2D eigenvalue weighted by Gasteiger charge is -2.21. The average Bonchev–Trinajstić information content (AvgIpc) is 2.73. The summed E-state index contributed by atoms with van der Waals surface area (Å²) in [6, 6.07) is 24.1. The zero-order chi connectivity index (χ0) is 21.3. The Morgan fingerprint density at radius 1 is 0.900 bits per heavy atom. The summed E-state index contributed by atoms with van der Waals surface area (Å²) >= 11 is 4.69. The van der Waals surface area contributed by atoms with E-state index in [0.29, 0.717) is 11.5 Å². The normalized spacial score (nSPS) is 12.4. The quantitative estimate of drug-likeness (QED) is 0.321. The Bertz CT molecular complexity index is 1220. The summed E-state index contributed by atoms with van der Waals surface area (Å²) in [7, 11) is 0. The van der Waals surface area contributed by atoms with Gasteiger partial charge in [0.1, 0.15) is 5.75 Å². The van der Waals surface area contributed by atoms with E-state index in [4.69, 9.17) is 0 Å². The van der Waals surface area contributed by atoms with Crippen LogP contribution in [0.4, 0.5) is 0 Å². The number of aromatic hydroxyl groups is 1. The molecule has 2 nitrogen and oxygen atoms in total. The molecule has 1 atom stereocenters. The van der Waals surface area contributed by atoms with Gasteiger partial charge in [0.05, 0.1) is 5.56 Å². The van der Waals surface area contributed by atoms with Crippen LogP contribution in [0.5, 0.6) is 5.75 Å². The largest absolute Gasteiger partial charge is 0.507 e. The zero-order valence-electron chi connectivity index (χ0n) is 16.9. The van der Waals surface area contributed by atoms with Gasteiger partial charge in [-0.25, -0.2) is 0 Å². The van der Waals surface area contributed by atoms with Crippen LogP contribution in [-0.2, 0) is 0 Å². The first-order valence-corrected chi connectivity index (χ1v) is 11.7.